The minimum absolute atomic E-state index is 0.114. The van der Waals surface area contributed by atoms with Gasteiger partial charge in [0.05, 0.1) is 11.7 Å². The molecule has 152 valence electrons. The molecule has 2 aliphatic heterocycles. The average molecular weight is 394 g/mol. The lowest BCUT2D eigenvalue weighted by Gasteiger charge is -2.41. The van der Waals surface area contributed by atoms with Crippen molar-refractivity contribution in [1.29, 1.82) is 0 Å². The molecule has 3 N–H and O–H groups in total. The number of carboxylic acids is 1. The molecule has 2 aromatic rings. The molecule has 6 heteroatoms. The predicted molar refractivity (Wildman–Crippen MR) is 109 cm³/mol. The van der Waals surface area contributed by atoms with E-state index < -0.39 is 17.5 Å². The van der Waals surface area contributed by atoms with Crippen molar-refractivity contribution in [2.75, 3.05) is 13.1 Å². The van der Waals surface area contributed by atoms with Gasteiger partial charge >= 0.3 is 5.97 Å². The van der Waals surface area contributed by atoms with Gasteiger partial charge < -0.3 is 20.4 Å². The van der Waals surface area contributed by atoms with Gasteiger partial charge in [-0.15, -0.1) is 0 Å². The van der Waals surface area contributed by atoms with Crippen LogP contribution in [-0.2, 0) is 18.4 Å². The third-order valence-electron chi connectivity index (χ3n) is 6.08. The molecule has 2 aliphatic rings. The number of amides is 1. The molecule has 2 heterocycles. The Balaban J connectivity index is 1.53. The van der Waals surface area contributed by atoms with Gasteiger partial charge in [0.1, 0.15) is 0 Å². The number of rotatable bonds is 4. The molecule has 0 bridgehead atoms. The molecular formula is C23H26N2O4. The molecule has 0 saturated carbocycles. The first-order valence-corrected chi connectivity index (χ1v) is 9.91. The lowest BCUT2D eigenvalue weighted by molar-refractivity contribution is 0.0444. The molecule has 1 amide bonds. The van der Waals surface area contributed by atoms with Crippen molar-refractivity contribution in [3.63, 3.8) is 0 Å². The van der Waals surface area contributed by atoms with E-state index in [-0.39, 0.29) is 24.1 Å². The molecule has 2 aromatic carbocycles. The molecule has 2 unspecified atom stereocenters. The number of benzene rings is 2. The summed E-state index contributed by atoms with van der Waals surface area (Å²) < 4.78 is 0. The van der Waals surface area contributed by atoms with Crippen LogP contribution in [0.25, 0.3) is 0 Å². The highest BCUT2D eigenvalue weighted by Crippen LogP contribution is 2.34. The fourth-order valence-corrected chi connectivity index (χ4v) is 4.48. The summed E-state index contributed by atoms with van der Waals surface area (Å²) in [5, 5.41) is 23.5. The van der Waals surface area contributed by atoms with Crippen LogP contribution in [0.1, 0.15) is 51.3 Å². The van der Waals surface area contributed by atoms with Gasteiger partial charge in [0.2, 0.25) is 0 Å². The maximum Gasteiger partial charge on any atom is 0.335 e. The highest BCUT2D eigenvalue weighted by molar-refractivity contribution is 5.99. The van der Waals surface area contributed by atoms with Crippen LogP contribution in [0.2, 0.25) is 0 Å². The molecule has 6 nitrogen and oxygen atoms in total. The predicted octanol–water partition coefficient (Wildman–Crippen LogP) is 2.19. The Labute approximate surface area is 170 Å². The van der Waals surface area contributed by atoms with E-state index in [9.17, 15) is 19.8 Å². The number of aromatic carboxylic acids is 1. The van der Waals surface area contributed by atoms with Gasteiger partial charge in [-0.05, 0) is 41.3 Å². The van der Waals surface area contributed by atoms with Gasteiger partial charge in [-0.2, -0.15) is 0 Å². The lowest BCUT2D eigenvalue weighted by atomic mass is 9.77. The molecule has 0 fully saturated rings. The highest BCUT2D eigenvalue weighted by atomic mass is 16.4. The number of fused-ring (bicyclic) bond motifs is 2. The quantitative estimate of drug-likeness (QED) is 0.740. The van der Waals surface area contributed by atoms with E-state index in [1.165, 1.54) is 17.2 Å². The summed E-state index contributed by atoms with van der Waals surface area (Å²) in [4.78, 5) is 26.1. The van der Waals surface area contributed by atoms with Crippen molar-refractivity contribution in [3.8, 4) is 0 Å². The highest BCUT2D eigenvalue weighted by Gasteiger charge is 2.38. The van der Waals surface area contributed by atoms with Crippen LogP contribution in [0, 0.1) is 0 Å². The smallest absolute Gasteiger partial charge is 0.335 e. The van der Waals surface area contributed by atoms with Crippen molar-refractivity contribution < 1.29 is 19.8 Å². The van der Waals surface area contributed by atoms with E-state index in [0.29, 0.717) is 18.7 Å². The number of hydrogen-bond donors (Lipinski definition) is 3. The van der Waals surface area contributed by atoms with Crippen LogP contribution in [0.15, 0.2) is 42.5 Å². The van der Waals surface area contributed by atoms with E-state index in [0.717, 1.165) is 12.0 Å². The zero-order chi connectivity index (χ0) is 20.8. The van der Waals surface area contributed by atoms with E-state index in [4.69, 9.17) is 0 Å². The van der Waals surface area contributed by atoms with Gasteiger partial charge in [0.25, 0.3) is 5.91 Å². The fourth-order valence-electron chi connectivity index (χ4n) is 4.48. The van der Waals surface area contributed by atoms with Crippen LogP contribution in [0.5, 0.6) is 0 Å². The minimum Gasteiger partial charge on any atom is -0.478 e. The van der Waals surface area contributed by atoms with Crippen molar-refractivity contribution in [1.82, 2.24) is 10.2 Å². The summed E-state index contributed by atoms with van der Waals surface area (Å²) in [6.45, 7) is 5.37. The summed E-state index contributed by atoms with van der Waals surface area (Å²) in [6.07, 6.45) is 0.0318. The normalized spacial score (nSPS) is 21.3. The third kappa shape index (κ3) is 3.66. The molecule has 2 atom stereocenters. The summed E-state index contributed by atoms with van der Waals surface area (Å²) >= 11 is 0. The zero-order valence-electron chi connectivity index (χ0n) is 16.7. The first kappa shape index (κ1) is 19.6. The Morgan fingerprint density at radius 3 is 2.69 bits per heavy atom. The molecule has 29 heavy (non-hydrogen) atoms. The molecular weight excluding hydrogens is 368 g/mol. The SMILES string of the molecule is CC1(C)CN(CC(O)C2Cc3ccccc3CN2)C(=O)c2ccc(C(=O)O)cc21. The Kier molecular flexibility index (Phi) is 4.92. The Bertz CT molecular complexity index is 969. The minimum atomic E-state index is -1.00. The Morgan fingerprint density at radius 2 is 1.97 bits per heavy atom. The molecule has 0 radical (unpaired) electrons. The van der Waals surface area contributed by atoms with Crippen molar-refractivity contribution in [3.05, 3.63) is 70.3 Å². The first-order chi connectivity index (χ1) is 13.8. The summed E-state index contributed by atoms with van der Waals surface area (Å²) in [5.41, 5.74) is 3.52. The number of nitrogens with one attached hydrogen (secondary N) is 1. The van der Waals surface area contributed by atoms with Crippen molar-refractivity contribution in [2.45, 2.75) is 44.4 Å². The van der Waals surface area contributed by atoms with Gasteiger partial charge in [-0.1, -0.05) is 38.1 Å². The van der Waals surface area contributed by atoms with Crippen LogP contribution < -0.4 is 5.32 Å². The Hall–Kier alpha value is -2.70. The number of aliphatic hydroxyl groups is 1. The third-order valence-corrected chi connectivity index (χ3v) is 6.08. The maximum absolute atomic E-state index is 13.0. The number of β-amino-alcohol motifs (C(OH)–C–C–N with tert-alkyl or cyclic N) is 1. The summed E-state index contributed by atoms with van der Waals surface area (Å²) in [7, 11) is 0. The van der Waals surface area contributed by atoms with E-state index in [2.05, 4.69) is 17.4 Å². The van der Waals surface area contributed by atoms with Gasteiger partial charge in [0.15, 0.2) is 0 Å². The Morgan fingerprint density at radius 1 is 1.24 bits per heavy atom. The zero-order valence-corrected chi connectivity index (χ0v) is 16.7. The van der Waals surface area contributed by atoms with Crippen LogP contribution >= 0.6 is 0 Å². The number of aliphatic hydroxyl groups excluding tert-OH is 1. The van der Waals surface area contributed by atoms with Crippen LogP contribution in [-0.4, -0.2) is 52.2 Å². The van der Waals surface area contributed by atoms with Crippen molar-refractivity contribution in [2.24, 2.45) is 0 Å². The summed E-state index contributed by atoms with van der Waals surface area (Å²) in [6, 6.07) is 12.7. The molecule has 0 spiro atoms. The van der Waals surface area contributed by atoms with Gasteiger partial charge in [0, 0.05) is 36.7 Å². The summed E-state index contributed by atoms with van der Waals surface area (Å²) in [5.74, 6) is -1.16. The van der Waals surface area contributed by atoms with Gasteiger partial charge in [-0.3, -0.25) is 4.79 Å². The molecule has 4 rings (SSSR count). The fraction of sp³-hybridized carbons (Fsp3) is 0.391. The van der Waals surface area contributed by atoms with E-state index in [1.807, 2.05) is 26.0 Å². The molecule has 0 aromatic heterocycles. The van der Waals surface area contributed by atoms with Crippen LogP contribution in [0.4, 0.5) is 0 Å². The number of carbonyl (C=O) groups is 2. The van der Waals surface area contributed by atoms with Gasteiger partial charge in [-0.25, -0.2) is 4.79 Å². The lowest BCUT2D eigenvalue weighted by Crippen LogP contribution is -2.54. The second kappa shape index (κ2) is 7.28. The van der Waals surface area contributed by atoms with Crippen molar-refractivity contribution >= 4 is 11.9 Å². The molecule has 0 saturated heterocycles. The first-order valence-electron chi connectivity index (χ1n) is 9.91. The monoisotopic (exact) mass is 394 g/mol. The standard InChI is InChI=1S/C23H26N2O4/c1-23(2)13-25(21(27)17-8-7-15(22(28)29)9-18(17)23)12-20(26)19-10-14-5-3-4-6-16(14)11-24-19/h3-9,19-20,24,26H,10-13H2,1-2H3,(H,28,29). The number of carboxylic acid groups (broad SMARTS) is 1. The topological polar surface area (TPSA) is 89.9 Å². The number of nitrogens with zero attached hydrogens (tertiary/aromatic N) is 1. The second-order valence-electron chi connectivity index (χ2n) is 8.66. The number of carbonyl (C=O) groups excluding carboxylic acids is 1. The maximum atomic E-state index is 13.0. The number of hydrogen-bond acceptors (Lipinski definition) is 4. The second-order valence-corrected chi connectivity index (χ2v) is 8.66. The van der Waals surface area contributed by atoms with E-state index >= 15 is 0 Å². The average Bonchev–Trinajstić information content (AvgIpc) is 2.70. The molecule has 0 aliphatic carbocycles. The van der Waals surface area contributed by atoms with E-state index in [1.54, 1.807) is 17.0 Å². The largest absolute Gasteiger partial charge is 0.478 e. The van der Waals surface area contributed by atoms with Crippen LogP contribution in [0.3, 0.4) is 0 Å².